The monoisotopic (exact) mass is 651 g/mol. The number of benzene rings is 5. The van der Waals surface area contributed by atoms with E-state index in [9.17, 15) is 4.39 Å². The SMILES string of the molecule is CC(C)CCN1C(=CC=CC2=[N+](C)c3ccccc3C2(C)Cc2ccccc2)C(C)(Cc2ccc(F)cc2F)c2c1ccc1ccccc21. The number of nitrogens with zero attached hydrogens (tertiary/aromatic N) is 2. The first-order chi connectivity index (χ1) is 23.6. The zero-order valence-corrected chi connectivity index (χ0v) is 29.2. The van der Waals surface area contributed by atoms with Gasteiger partial charge in [0.05, 0.1) is 5.41 Å². The highest BCUT2D eigenvalue weighted by Crippen LogP contribution is 2.53. The molecule has 0 saturated heterocycles. The Morgan fingerprint density at radius 3 is 2.31 bits per heavy atom. The van der Waals surface area contributed by atoms with Crippen molar-refractivity contribution in [3.63, 3.8) is 0 Å². The number of allylic oxidation sites excluding steroid dienone is 4. The predicted molar refractivity (Wildman–Crippen MR) is 200 cm³/mol. The lowest BCUT2D eigenvalue weighted by Crippen LogP contribution is -2.33. The lowest BCUT2D eigenvalue weighted by Gasteiger charge is -2.31. The van der Waals surface area contributed by atoms with E-state index >= 15 is 4.39 Å². The van der Waals surface area contributed by atoms with Crippen LogP contribution >= 0.6 is 0 Å². The highest BCUT2D eigenvalue weighted by Gasteiger charge is 2.47. The summed E-state index contributed by atoms with van der Waals surface area (Å²) in [4.78, 5) is 2.45. The topological polar surface area (TPSA) is 6.25 Å². The number of anilines is 1. The van der Waals surface area contributed by atoms with Crippen LogP contribution < -0.4 is 4.90 Å². The van der Waals surface area contributed by atoms with Crippen molar-refractivity contribution < 1.29 is 13.4 Å². The maximum absolute atomic E-state index is 15.4. The van der Waals surface area contributed by atoms with Gasteiger partial charge in [-0.25, -0.2) is 8.78 Å². The van der Waals surface area contributed by atoms with Crippen LogP contribution in [0, 0.1) is 17.6 Å². The van der Waals surface area contributed by atoms with Gasteiger partial charge in [-0.3, -0.25) is 0 Å². The molecule has 5 aromatic carbocycles. The van der Waals surface area contributed by atoms with Gasteiger partial charge in [0.1, 0.15) is 18.7 Å². The lowest BCUT2D eigenvalue weighted by atomic mass is 9.74. The van der Waals surface area contributed by atoms with Crippen molar-refractivity contribution in [2.75, 3.05) is 18.5 Å². The average Bonchev–Trinajstić information content (AvgIpc) is 3.45. The van der Waals surface area contributed by atoms with Gasteiger partial charge in [-0.05, 0) is 84.7 Å². The fourth-order valence-electron chi connectivity index (χ4n) is 8.33. The van der Waals surface area contributed by atoms with Gasteiger partial charge >= 0.3 is 0 Å². The molecule has 0 fully saturated rings. The minimum absolute atomic E-state index is 0.228. The second kappa shape index (κ2) is 12.9. The molecule has 248 valence electrons. The van der Waals surface area contributed by atoms with Crippen molar-refractivity contribution in [1.29, 1.82) is 0 Å². The third-order valence-electron chi connectivity index (χ3n) is 10.8. The predicted octanol–water partition coefficient (Wildman–Crippen LogP) is 10.9. The number of fused-ring (bicyclic) bond motifs is 4. The van der Waals surface area contributed by atoms with Crippen molar-refractivity contribution in [2.45, 2.75) is 57.8 Å². The molecule has 0 amide bonds. The Morgan fingerprint density at radius 1 is 0.796 bits per heavy atom. The second-order valence-corrected chi connectivity index (χ2v) is 14.6. The number of para-hydroxylation sites is 1. The lowest BCUT2D eigenvalue weighted by molar-refractivity contribution is -0.401. The van der Waals surface area contributed by atoms with E-state index in [1.165, 1.54) is 39.5 Å². The molecule has 0 saturated carbocycles. The van der Waals surface area contributed by atoms with E-state index in [0.29, 0.717) is 17.9 Å². The van der Waals surface area contributed by atoms with E-state index in [2.05, 4.69) is 153 Å². The summed E-state index contributed by atoms with van der Waals surface area (Å²) >= 11 is 0. The van der Waals surface area contributed by atoms with Gasteiger partial charge in [0.2, 0.25) is 5.69 Å². The fourth-order valence-corrected chi connectivity index (χ4v) is 8.33. The molecule has 4 heteroatoms. The van der Waals surface area contributed by atoms with Crippen LogP contribution in [-0.2, 0) is 23.7 Å². The molecule has 5 aromatic rings. The van der Waals surface area contributed by atoms with Gasteiger partial charge in [0.15, 0.2) is 5.71 Å². The first-order valence-corrected chi connectivity index (χ1v) is 17.5. The fraction of sp³-hybridized carbons (Fsp3) is 0.267. The van der Waals surface area contributed by atoms with E-state index in [4.69, 9.17) is 0 Å². The second-order valence-electron chi connectivity index (χ2n) is 14.6. The van der Waals surface area contributed by atoms with Crippen molar-refractivity contribution >= 4 is 27.9 Å². The summed E-state index contributed by atoms with van der Waals surface area (Å²) in [5.74, 6) is -0.545. The number of rotatable bonds is 9. The number of halogens is 2. The molecule has 2 aliphatic rings. The summed E-state index contributed by atoms with van der Waals surface area (Å²) in [5, 5.41) is 2.33. The van der Waals surface area contributed by atoms with E-state index in [1.807, 2.05) is 0 Å². The minimum Gasteiger partial charge on any atom is -0.344 e. The van der Waals surface area contributed by atoms with Crippen LogP contribution in [-0.4, -0.2) is 23.9 Å². The molecule has 0 bridgehead atoms. The van der Waals surface area contributed by atoms with E-state index in [0.717, 1.165) is 42.2 Å². The molecule has 0 aliphatic carbocycles. The third-order valence-corrected chi connectivity index (χ3v) is 10.8. The minimum atomic E-state index is -0.571. The highest BCUT2D eigenvalue weighted by molar-refractivity contribution is 6.04. The van der Waals surface area contributed by atoms with Crippen molar-refractivity contribution in [3.8, 4) is 0 Å². The Hall–Kier alpha value is -4.83. The Kier molecular flexibility index (Phi) is 8.60. The number of hydrogen-bond donors (Lipinski definition) is 0. The van der Waals surface area contributed by atoms with Gasteiger partial charge in [0, 0.05) is 47.1 Å². The van der Waals surface area contributed by atoms with Crippen LogP contribution in [0.2, 0.25) is 0 Å². The molecule has 2 nitrogen and oxygen atoms in total. The summed E-state index contributed by atoms with van der Waals surface area (Å²) < 4.78 is 31.9. The molecule has 2 aliphatic heterocycles. The van der Waals surface area contributed by atoms with E-state index < -0.39 is 17.0 Å². The molecular weight excluding hydrogens is 607 g/mol. The van der Waals surface area contributed by atoms with Gasteiger partial charge in [0.25, 0.3) is 0 Å². The first kappa shape index (κ1) is 32.7. The van der Waals surface area contributed by atoms with Gasteiger partial charge in [-0.15, -0.1) is 0 Å². The normalized spacial score (nSPS) is 21.1. The summed E-state index contributed by atoms with van der Waals surface area (Å²) in [6.45, 7) is 9.94. The zero-order chi connectivity index (χ0) is 34.3. The van der Waals surface area contributed by atoms with Crippen molar-refractivity contribution in [1.82, 2.24) is 0 Å². The Morgan fingerprint density at radius 2 is 1.53 bits per heavy atom. The molecule has 0 radical (unpaired) electrons. The van der Waals surface area contributed by atoms with Crippen LogP contribution in [0.1, 0.15) is 56.4 Å². The van der Waals surface area contributed by atoms with Gasteiger partial charge < -0.3 is 4.90 Å². The average molecular weight is 652 g/mol. The zero-order valence-electron chi connectivity index (χ0n) is 29.2. The molecule has 0 aromatic heterocycles. The molecular formula is C45H45F2N2+. The maximum atomic E-state index is 15.4. The van der Waals surface area contributed by atoms with E-state index in [-0.39, 0.29) is 5.41 Å². The standard InChI is InChI=1S/C45H45F2N2/c1-31(2)26-27-49-40-25-23-33-16-9-10-17-36(33)43(40)45(4,30-34-22-24-35(46)28-38(34)47)42(49)21-13-20-41-44(3,29-32-14-7-6-8-15-32)37-18-11-12-19-39(37)48(41)5/h6-25,28,31H,26-27,29-30H2,1-5H3/q+1. The van der Waals surface area contributed by atoms with Crippen molar-refractivity contribution in [2.24, 2.45) is 5.92 Å². The van der Waals surface area contributed by atoms with Crippen LogP contribution in [0.15, 0.2) is 133 Å². The Balaban J connectivity index is 1.38. The van der Waals surface area contributed by atoms with Gasteiger partial charge in [-0.2, -0.15) is 4.58 Å². The van der Waals surface area contributed by atoms with Gasteiger partial charge in [-0.1, -0.05) is 105 Å². The van der Waals surface area contributed by atoms with Crippen LogP contribution in [0.4, 0.5) is 20.2 Å². The summed E-state index contributed by atoms with van der Waals surface area (Å²) in [7, 11) is 2.16. The van der Waals surface area contributed by atoms with Crippen LogP contribution in [0.3, 0.4) is 0 Å². The molecule has 2 heterocycles. The molecule has 49 heavy (non-hydrogen) atoms. The third kappa shape index (κ3) is 5.82. The highest BCUT2D eigenvalue weighted by atomic mass is 19.1. The summed E-state index contributed by atoms with van der Waals surface area (Å²) in [5.41, 5.74) is 8.28. The molecule has 2 atom stereocenters. The smallest absolute Gasteiger partial charge is 0.209 e. The largest absolute Gasteiger partial charge is 0.344 e. The van der Waals surface area contributed by atoms with E-state index in [1.54, 1.807) is 6.07 Å². The summed E-state index contributed by atoms with van der Waals surface area (Å²) in [6.07, 6.45) is 9.03. The quantitative estimate of drug-likeness (QED) is 0.144. The Bertz CT molecular complexity index is 2130. The van der Waals surface area contributed by atoms with Crippen molar-refractivity contribution in [3.05, 3.63) is 167 Å². The molecule has 0 spiro atoms. The molecule has 2 unspecified atom stereocenters. The van der Waals surface area contributed by atoms with Crippen LogP contribution in [0.25, 0.3) is 10.8 Å². The number of hydrogen-bond acceptors (Lipinski definition) is 1. The molecule has 7 rings (SSSR count). The van der Waals surface area contributed by atoms with Crippen LogP contribution in [0.5, 0.6) is 0 Å². The molecule has 0 N–H and O–H groups in total. The summed E-state index contributed by atoms with van der Waals surface area (Å²) in [6, 6.07) is 36.3. The maximum Gasteiger partial charge on any atom is 0.209 e. The Labute approximate surface area is 289 Å². The first-order valence-electron chi connectivity index (χ1n) is 17.5.